The topological polar surface area (TPSA) is 92.7 Å². The third-order valence-corrected chi connectivity index (χ3v) is 4.89. The van der Waals surface area contributed by atoms with Gasteiger partial charge in [0.15, 0.2) is 0 Å². The van der Waals surface area contributed by atoms with Crippen LogP contribution < -0.4 is 5.56 Å². The molecule has 1 aliphatic rings. The van der Waals surface area contributed by atoms with Crippen LogP contribution in [-0.2, 0) is 17.9 Å². The first kappa shape index (κ1) is 17.4. The molecule has 1 N–H and O–H groups in total. The summed E-state index contributed by atoms with van der Waals surface area (Å²) in [6, 6.07) is 9.01. The fourth-order valence-corrected chi connectivity index (χ4v) is 3.68. The van der Waals surface area contributed by atoms with E-state index in [1.165, 1.54) is 9.08 Å². The monoisotopic (exact) mass is 367 g/mol. The van der Waals surface area contributed by atoms with E-state index in [0.29, 0.717) is 12.2 Å². The van der Waals surface area contributed by atoms with Crippen LogP contribution in [0.15, 0.2) is 47.5 Å². The molecule has 0 aliphatic carbocycles. The van der Waals surface area contributed by atoms with Crippen LogP contribution >= 0.6 is 0 Å². The number of rotatable bonds is 5. The highest BCUT2D eigenvalue weighted by molar-refractivity contribution is 5.66. The van der Waals surface area contributed by atoms with Gasteiger partial charge in [-0.15, -0.1) is 0 Å². The Morgan fingerprint density at radius 3 is 3.00 bits per heavy atom. The van der Waals surface area contributed by atoms with E-state index in [4.69, 9.17) is 5.11 Å². The average molecular weight is 367 g/mol. The smallest absolute Gasteiger partial charge is 0.325 e. The van der Waals surface area contributed by atoms with Crippen LogP contribution in [0.2, 0.25) is 0 Å². The molecule has 0 spiro atoms. The third kappa shape index (κ3) is 3.90. The predicted molar refractivity (Wildman–Crippen MR) is 98.6 cm³/mol. The molecule has 0 aromatic carbocycles. The largest absolute Gasteiger partial charge is 0.480 e. The number of fused-ring (bicyclic) bond motifs is 1. The molecule has 4 heterocycles. The fourth-order valence-electron chi connectivity index (χ4n) is 3.68. The number of hydrogen-bond donors (Lipinski definition) is 1. The van der Waals surface area contributed by atoms with Gasteiger partial charge in [0, 0.05) is 37.5 Å². The van der Waals surface area contributed by atoms with Crippen molar-refractivity contribution in [1.82, 2.24) is 24.1 Å². The van der Waals surface area contributed by atoms with Gasteiger partial charge in [-0.1, -0.05) is 6.07 Å². The molecule has 8 heteroatoms. The third-order valence-electron chi connectivity index (χ3n) is 4.89. The summed E-state index contributed by atoms with van der Waals surface area (Å²) in [4.78, 5) is 30.0. The molecule has 4 rings (SSSR count). The highest BCUT2D eigenvalue weighted by Crippen LogP contribution is 2.26. The molecule has 3 aromatic rings. The van der Waals surface area contributed by atoms with E-state index >= 15 is 0 Å². The van der Waals surface area contributed by atoms with Crippen molar-refractivity contribution in [2.24, 2.45) is 0 Å². The number of nitrogens with zero attached hydrogens (tertiary/aromatic N) is 5. The first-order valence-corrected chi connectivity index (χ1v) is 9.03. The van der Waals surface area contributed by atoms with Gasteiger partial charge in [-0.05, 0) is 37.6 Å². The Labute approximate surface area is 155 Å². The van der Waals surface area contributed by atoms with Crippen LogP contribution in [0.5, 0.6) is 0 Å². The molecular formula is C19H21N5O3. The number of aromatic nitrogens is 4. The number of piperidine rings is 1. The van der Waals surface area contributed by atoms with Gasteiger partial charge < -0.3 is 5.11 Å². The first-order chi connectivity index (χ1) is 13.1. The van der Waals surface area contributed by atoms with Gasteiger partial charge in [0.05, 0.1) is 11.4 Å². The molecule has 8 nitrogen and oxygen atoms in total. The zero-order valence-electron chi connectivity index (χ0n) is 14.9. The SMILES string of the molecule is O=C(O)Cn1ccc([C@@H]2CCCN(Cc3cc(=O)n4ccccc4n3)C2)n1. The van der Waals surface area contributed by atoms with E-state index in [9.17, 15) is 9.59 Å². The lowest BCUT2D eigenvalue weighted by atomic mass is 9.95. The van der Waals surface area contributed by atoms with Crippen molar-refractivity contribution in [3.05, 3.63) is 64.5 Å². The molecule has 0 unspecified atom stereocenters. The van der Waals surface area contributed by atoms with Crippen molar-refractivity contribution in [2.45, 2.75) is 31.8 Å². The molecule has 1 aliphatic heterocycles. The summed E-state index contributed by atoms with van der Waals surface area (Å²) in [6.07, 6.45) is 5.49. The highest BCUT2D eigenvalue weighted by Gasteiger charge is 2.24. The molecule has 3 aromatic heterocycles. The van der Waals surface area contributed by atoms with Gasteiger partial charge in [0.2, 0.25) is 0 Å². The number of likely N-dealkylation sites (tertiary alicyclic amines) is 1. The van der Waals surface area contributed by atoms with Crippen LogP contribution in [0.3, 0.4) is 0 Å². The van der Waals surface area contributed by atoms with Gasteiger partial charge >= 0.3 is 5.97 Å². The van der Waals surface area contributed by atoms with Crippen molar-refractivity contribution in [3.63, 3.8) is 0 Å². The summed E-state index contributed by atoms with van der Waals surface area (Å²) in [6.45, 7) is 2.26. The molecule has 0 saturated carbocycles. The van der Waals surface area contributed by atoms with E-state index in [0.717, 1.165) is 37.3 Å². The van der Waals surface area contributed by atoms with Crippen LogP contribution in [0.25, 0.3) is 5.65 Å². The number of carboxylic acid groups (broad SMARTS) is 1. The Balaban J connectivity index is 1.48. The second kappa shape index (κ2) is 7.32. The van der Waals surface area contributed by atoms with Crippen LogP contribution in [0.4, 0.5) is 0 Å². The summed E-state index contributed by atoms with van der Waals surface area (Å²) in [5.41, 5.74) is 2.27. The van der Waals surface area contributed by atoms with Gasteiger partial charge in [0.1, 0.15) is 12.2 Å². The van der Waals surface area contributed by atoms with Gasteiger partial charge in [-0.3, -0.25) is 23.6 Å². The van der Waals surface area contributed by atoms with Gasteiger partial charge in [-0.2, -0.15) is 5.10 Å². The average Bonchev–Trinajstić information content (AvgIpc) is 3.10. The molecule has 1 atom stereocenters. The summed E-state index contributed by atoms with van der Waals surface area (Å²) in [7, 11) is 0. The second-order valence-electron chi connectivity index (χ2n) is 6.92. The van der Waals surface area contributed by atoms with Crippen LogP contribution in [-0.4, -0.2) is 48.2 Å². The Hall–Kier alpha value is -3.00. The Morgan fingerprint density at radius 1 is 1.26 bits per heavy atom. The minimum absolute atomic E-state index is 0.0726. The van der Waals surface area contributed by atoms with Crippen molar-refractivity contribution in [1.29, 1.82) is 0 Å². The predicted octanol–water partition coefficient (Wildman–Crippen LogP) is 1.36. The summed E-state index contributed by atoms with van der Waals surface area (Å²) >= 11 is 0. The molecule has 1 saturated heterocycles. The lowest BCUT2D eigenvalue weighted by Gasteiger charge is -2.31. The van der Waals surface area contributed by atoms with E-state index in [-0.39, 0.29) is 18.0 Å². The number of pyridine rings is 1. The minimum atomic E-state index is -0.899. The number of carboxylic acids is 1. The molecule has 140 valence electrons. The minimum Gasteiger partial charge on any atom is -0.480 e. The molecule has 0 amide bonds. The summed E-state index contributed by atoms with van der Waals surface area (Å²) in [5.74, 6) is -0.640. The fraction of sp³-hybridized carbons (Fsp3) is 0.368. The Bertz CT molecular complexity index is 1030. The Morgan fingerprint density at radius 2 is 2.15 bits per heavy atom. The second-order valence-corrected chi connectivity index (χ2v) is 6.92. The number of hydrogen-bond acceptors (Lipinski definition) is 5. The molecule has 0 bridgehead atoms. The van der Waals surface area contributed by atoms with Crippen molar-refractivity contribution in [3.8, 4) is 0 Å². The quantitative estimate of drug-likeness (QED) is 0.732. The van der Waals surface area contributed by atoms with Crippen molar-refractivity contribution >= 4 is 11.6 Å². The maximum absolute atomic E-state index is 12.3. The van der Waals surface area contributed by atoms with E-state index < -0.39 is 5.97 Å². The molecular weight excluding hydrogens is 346 g/mol. The molecule has 0 radical (unpaired) electrons. The molecule has 1 fully saturated rings. The maximum Gasteiger partial charge on any atom is 0.325 e. The summed E-state index contributed by atoms with van der Waals surface area (Å²) < 4.78 is 3.00. The lowest BCUT2D eigenvalue weighted by Crippen LogP contribution is -2.34. The lowest BCUT2D eigenvalue weighted by molar-refractivity contribution is -0.137. The highest BCUT2D eigenvalue weighted by atomic mass is 16.4. The van der Waals surface area contributed by atoms with E-state index in [1.54, 1.807) is 18.5 Å². The molecule has 27 heavy (non-hydrogen) atoms. The Kier molecular flexibility index (Phi) is 4.72. The van der Waals surface area contributed by atoms with Crippen LogP contribution in [0, 0.1) is 0 Å². The zero-order valence-corrected chi connectivity index (χ0v) is 14.9. The normalized spacial score (nSPS) is 18.0. The van der Waals surface area contributed by atoms with Crippen molar-refractivity contribution < 1.29 is 9.90 Å². The van der Waals surface area contributed by atoms with E-state index in [2.05, 4.69) is 15.0 Å². The maximum atomic E-state index is 12.3. The standard InChI is InChI=1S/C19H21N5O3/c25-18-10-15(20-17-5-1-2-8-24(17)18)12-22-7-3-4-14(11-22)16-6-9-23(21-16)13-19(26)27/h1-2,5-6,8-10,14H,3-4,7,11-13H2,(H,26,27)/t14-/m1/s1. The van der Waals surface area contributed by atoms with Gasteiger partial charge in [0.25, 0.3) is 5.56 Å². The van der Waals surface area contributed by atoms with Gasteiger partial charge in [-0.25, -0.2) is 4.98 Å². The zero-order chi connectivity index (χ0) is 18.8. The number of carbonyl (C=O) groups is 1. The first-order valence-electron chi connectivity index (χ1n) is 9.03. The van der Waals surface area contributed by atoms with Crippen molar-refractivity contribution in [2.75, 3.05) is 13.1 Å². The number of aliphatic carboxylic acids is 1. The van der Waals surface area contributed by atoms with Crippen LogP contribution in [0.1, 0.15) is 30.1 Å². The summed E-state index contributed by atoms with van der Waals surface area (Å²) in [5, 5.41) is 13.3. The van der Waals surface area contributed by atoms with E-state index in [1.807, 2.05) is 24.3 Å².